The molecule has 1 saturated heterocycles. The third-order valence-corrected chi connectivity index (χ3v) is 11.2. The van der Waals surface area contributed by atoms with Gasteiger partial charge in [-0.2, -0.15) is 5.26 Å². The number of aromatic nitrogens is 2. The van der Waals surface area contributed by atoms with Gasteiger partial charge in [-0.3, -0.25) is 14.3 Å². The summed E-state index contributed by atoms with van der Waals surface area (Å²) in [6, 6.07) is 27.8. The number of methoxy groups -OCH3 is 2. The Balaban J connectivity index is 1.63. The summed E-state index contributed by atoms with van der Waals surface area (Å²) in [6.45, 7) is 10.2. The Morgan fingerprint density at radius 1 is 0.906 bits per heavy atom. The van der Waals surface area contributed by atoms with Gasteiger partial charge in [0.25, 0.3) is 14.1 Å². The van der Waals surface area contributed by atoms with Crippen LogP contribution in [0.3, 0.4) is 0 Å². The van der Waals surface area contributed by atoms with Gasteiger partial charge in [0.05, 0.1) is 46.0 Å². The first-order valence-electron chi connectivity index (χ1n) is 17.7. The molecule has 4 aromatic rings. The number of hydrogen-bond acceptors (Lipinski definition) is 10. The molecule has 0 spiro atoms. The second kappa shape index (κ2) is 18.1. The molecule has 1 fully saturated rings. The number of nitriles is 1. The van der Waals surface area contributed by atoms with E-state index in [4.69, 9.17) is 28.0 Å². The van der Waals surface area contributed by atoms with E-state index < -0.39 is 43.8 Å². The highest BCUT2D eigenvalue weighted by Crippen LogP contribution is 2.49. The molecule has 282 valence electrons. The Hall–Kier alpha value is -4.34. The number of hydrogen-bond donors (Lipinski definition) is 1. The fraction of sp³-hybridized carbons (Fsp3) is 0.425. The second-order valence-electron chi connectivity index (χ2n) is 13.3. The quantitative estimate of drug-likeness (QED) is 0.0697. The van der Waals surface area contributed by atoms with Crippen LogP contribution < -0.4 is 20.7 Å². The lowest BCUT2D eigenvalue weighted by Crippen LogP contribution is -2.41. The highest BCUT2D eigenvalue weighted by atomic mass is 31.2. The number of ether oxygens (including phenoxy) is 4. The molecule has 1 aliphatic heterocycles. The van der Waals surface area contributed by atoms with Gasteiger partial charge in [-0.25, -0.2) is 9.46 Å². The summed E-state index contributed by atoms with van der Waals surface area (Å²) in [5, 5.41) is 9.24. The van der Waals surface area contributed by atoms with Crippen LogP contribution in [0.1, 0.15) is 69.0 Å². The van der Waals surface area contributed by atoms with E-state index in [1.807, 2.05) is 78.9 Å². The smallest absolute Gasteiger partial charge is 0.330 e. The minimum atomic E-state index is -1.61. The van der Waals surface area contributed by atoms with Crippen LogP contribution in [-0.4, -0.2) is 65.9 Å². The Bertz CT molecular complexity index is 1870. The summed E-state index contributed by atoms with van der Waals surface area (Å²) in [6.07, 6.45) is -0.131. The van der Waals surface area contributed by atoms with Crippen LogP contribution in [0.5, 0.6) is 11.5 Å². The monoisotopic (exact) mass is 744 g/mol. The van der Waals surface area contributed by atoms with Crippen LogP contribution in [0.4, 0.5) is 0 Å². The molecule has 2 heterocycles. The van der Waals surface area contributed by atoms with Crippen molar-refractivity contribution in [1.29, 1.82) is 5.26 Å². The van der Waals surface area contributed by atoms with Gasteiger partial charge >= 0.3 is 5.69 Å². The Morgan fingerprint density at radius 2 is 1.47 bits per heavy atom. The average molecular weight is 745 g/mol. The summed E-state index contributed by atoms with van der Waals surface area (Å²) in [4.78, 5) is 27.9. The van der Waals surface area contributed by atoms with E-state index in [1.165, 1.54) is 10.8 Å². The van der Waals surface area contributed by atoms with Crippen molar-refractivity contribution in [3.8, 4) is 17.6 Å². The molecule has 1 N–H and O–H groups in total. The first-order valence-corrected chi connectivity index (χ1v) is 18.9. The number of benzene rings is 3. The summed E-state index contributed by atoms with van der Waals surface area (Å²) >= 11 is 0. The van der Waals surface area contributed by atoms with Crippen LogP contribution in [-0.2, 0) is 24.1 Å². The highest BCUT2D eigenvalue weighted by Gasteiger charge is 2.47. The predicted octanol–water partition coefficient (Wildman–Crippen LogP) is 6.82. The molecule has 53 heavy (non-hydrogen) atoms. The zero-order valence-electron chi connectivity index (χ0n) is 31.4. The molecule has 3 aromatic carbocycles. The van der Waals surface area contributed by atoms with Crippen molar-refractivity contribution in [2.45, 2.75) is 83.6 Å². The lowest BCUT2D eigenvalue weighted by molar-refractivity contribution is -0.0974. The number of rotatable bonds is 17. The van der Waals surface area contributed by atoms with Gasteiger partial charge in [0.15, 0.2) is 0 Å². The van der Waals surface area contributed by atoms with Gasteiger partial charge in [-0.15, -0.1) is 0 Å². The molecule has 0 saturated carbocycles. The molecule has 0 radical (unpaired) electrons. The van der Waals surface area contributed by atoms with Gasteiger partial charge in [0, 0.05) is 30.3 Å². The molecule has 0 bridgehead atoms. The number of H-pyrrole nitrogens is 1. The van der Waals surface area contributed by atoms with E-state index in [-0.39, 0.29) is 38.1 Å². The molecular weight excluding hydrogens is 695 g/mol. The predicted molar refractivity (Wildman–Crippen MR) is 203 cm³/mol. The average Bonchev–Trinajstić information content (AvgIpc) is 3.56. The van der Waals surface area contributed by atoms with Crippen LogP contribution in [0, 0.1) is 18.3 Å². The zero-order chi connectivity index (χ0) is 38.1. The Labute approximate surface area is 312 Å². The van der Waals surface area contributed by atoms with Crippen LogP contribution in [0.25, 0.3) is 0 Å². The lowest BCUT2D eigenvalue weighted by Gasteiger charge is -2.40. The fourth-order valence-corrected chi connectivity index (χ4v) is 8.27. The third-order valence-electron chi connectivity index (χ3n) is 9.15. The third kappa shape index (κ3) is 9.07. The van der Waals surface area contributed by atoms with Gasteiger partial charge in [0.2, 0.25) is 0 Å². The molecule has 1 aromatic heterocycles. The Kier molecular flexibility index (Phi) is 13.6. The maximum atomic E-state index is 13.2. The van der Waals surface area contributed by atoms with Crippen molar-refractivity contribution in [2.24, 2.45) is 0 Å². The number of nitrogens with zero attached hydrogens (tertiary/aromatic N) is 3. The van der Waals surface area contributed by atoms with Crippen molar-refractivity contribution in [3.63, 3.8) is 0 Å². The molecule has 5 rings (SSSR count). The molecule has 12 nitrogen and oxygen atoms in total. The maximum absolute atomic E-state index is 13.2. The second-order valence-corrected chi connectivity index (χ2v) is 14.8. The fourth-order valence-electron chi connectivity index (χ4n) is 6.65. The van der Waals surface area contributed by atoms with Crippen molar-refractivity contribution in [3.05, 3.63) is 128 Å². The number of nitrogens with one attached hydrogen (secondary N) is 1. The van der Waals surface area contributed by atoms with Crippen LogP contribution in [0.15, 0.2) is 94.6 Å². The van der Waals surface area contributed by atoms with Gasteiger partial charge in [-0.05, 0) is 75.6 Å². The summed E-state index contributed by atoms with van der Waals surface area (Å²) in [5.74, 6) is 1.39. The molecular formula is C40H49N4O8P. The molecule has 4 atom stereocenters. The summed E-state index contributed by atoms with van der Waals surface area (Å²) in [5.41, 5.74) is 0.691. The van der Waals surface area contributed by atoms with E-state index in [2.05, 4.69) is 43.4 Å². The highest BCUT2D eigenvalue weighted by molar-refractivity contribution is 7.44. The van der Waals surface area contributed by atoms with Crippen LogP contribution >= 0.6 is 8.53 Å². The Morgan fingerprint density at radius 3 is 2.00 bits per heavy atom. The molecule has 13 heteroatoms. The van der Waals surface area contributed by atoms with Crippen molar-refractivity contribution in [1.82, 2.24) is 14.2 Å². The van der Waals surface area contributed by atoms with Crippen molar-refractivity contribution < 1.29 is 28.0 Å². The standard InChI is InChI=1S/C40H49N4O8P/c1-27(2)44(28(3)4)53(49-23-11-22-41)50-26-36-35(24-37(51-36)43-25-29(5)38(45)42-39(43)46)52-40(30-12-9-8-10-13-30,31-14-18-33(47-6)19-15-31)32-16-20-34(48-7)21-17-32/h8-10,12-21,25,27-28,35-37H,11,23-24,26H2,1-7H3,(H,42,45,46)/t35-,36+,37-,53?/m0/s1. The topological polar surface area (TPSA) is 137 Å². The number of aryl methyl sites for hydroxylation is 1. The minimum Gasteiger partial charge on any atom is -0.497 e. The first kappa shape index (κ1) is 39.9. The first-order chi connectivity index (χ1) is 25.5. The maximum Gasteiger partial charge on any atom is 0.330 e. The van der Waals surface area contributed by atoms with Crippen molar-refractivity contribution >= 4 is 8.53 Å². The van der Waals surface area contributed by atoms with Crippen molar-refractivity contribution in [2.75, 3.05) is 27.4 Å². The van der Waals surface area contributed by atoms with E-state index in [0.717, 1.165) is 16.7 Å². The largest absolute Gasteiger partial charge is 0.497 e. The van der Waals surface area contributed by atoms with Gasteiger partial charge in [-0.1, -0.05) is 54.6 Å². The molecule has 0 aliphatic carbocycles. The SMILES string of the molecule is COc1ccc(C(O[C@H]2C[C@@H](n3cc(C)c(=O)[nH]c3=O)O[C@@H]2COP(OCCC#N)N(C(C)C)C(C)C)(c2ccccc2)c2ccc(OC)cc2)cc1. The summed E-state index contributed by atoms with van der Waals surface area (Å²) < 4.78 is 41.6. The van der Waals surface area contributed by atoms with Crippen LogP contribution in [0.2, 0.25) is 0 Å². The van der Waals surface area contributed by atoms with Gasteiger partial charge < -0.3 is 28.0 Å². The summed E-state index contributed by atoms with van der Waals surface area (Å²) in [7, 11) is 1.64. The van der Waals surface area contributed by atoms with E-state index in [9.17, 15) is 14.9 Å². The zero-order valence-corrected chi connectivity index (χ0v) is 32.2. The minimum absolute atomic E-state index is 0.0581. The lowest BCUT2D eigenvalue weighted by atomic mass is 9.79. The molecule has 1 aliphatic rings. The molecule has 1 unspecified atom stereocenters. The van der Waals surface area contributed by atoms with Gasteiger partial charge in [0.1, 0.15) is 29.4 Å². The van der Waals surface area contributed by atoms with E-state index in [1.54, 1.807) is 21.1 Å². The molecule has 0 amide bonds. The van der Waals surface area contributed by atoms with E-state index >= 15 is 0 Å². The normalized spacial score (nSPS) is 18.0. The number of aromatic amines is 1. The van der Waals surface area contributed by atoms with E-state index in [0.29, 0.717) is 17.1 Å².